The number of carbonyl (C=O) groups excluding carboxylic acids is 2. The summed E-state index contributed by atoms with van der Waals surface area (Å²) < 4.78 is 9.90. The lowest BCUT2D eigenvalue weighted by atomic mass is 9.97. The van der Waals surface area contributed by atoms with Crippen LogP contribution < -0.4 is 0 Å². The third kappa shape index (κ3) is 6.81. The van der Waals surface area contributed by atoms with Gasteiger partial charge in [-0.05, 0) is 44.2 Å². The molecule has 1 N–H and O–H groups in total. The van der Waals surface area contributed by atoms with Gasteiger partial charge in [-0.25, -0.2) is 0 Å². The summed E-state index contributed by atoms with van der Waals surface area (Å²) in [6, 6.07) is 7.43. The average Bonchev–Trinajstić information content (AvgIpc) is 2.54. The number of esters is 2. The number of aryl methyl sites for hydroxylation is 1. The van der Waals surface area contributed by atoms with Crippen LogP contribution in [0.15, 0.2) is 24.3 Å². The number of aliphatic carboxylic acids is 1. The number of carboxylic acid groups (broad SMARTS) is 1. The van der Waals surface area contributed by atoms with E-state index in [9.17, 15) is 14.4 Å². The Bertz CT molecular complexity index is 531. The molecule has 0 radical (unpaired) electrons. The molecule has 0 bridgehead atoms. The molecule has 1 aromatic carbocycles. The molecule has 132 valence electrons. The molecule has 0 saturated carbocycles. The molecular weight excluding hydrogens is 312 g/mol. The molecule has 0 atom stereocenters. The first-order valence-corrected chi connectivity index (χ1v) is 8.10. The maximum absolute atomic E-state index is 12.0. The van der Waals surface area contributed by atoms with Crippen molar-refractivity contribution in [3.05, 3.63) is 35.4 Å². The van der Waals surface area contributed by atoms with Gasteiger partial charge in [0.1, 0.15) is 0 Å². The predicted octanol–water partition coefficient (Wildman–Crippen LogP) is 2.38. The third-order valence-corrected chi connectivity index (χ3v) is 3.46. The minimum atomic E-state index is -0.970. The Hall–Kier alpha value is -2.37. The van der Waals surface area contributed by atoms with E-state index in [2.05, 4.69) is 0 Å². The van der Waals surface area contributed by atoms with Gasteiger partial charge < -0.3 is 14.6 Å². The largest absolute Gasteiger partial charge is 0.481 e. The van der Waals surface area contributed by atoms with Crippen molar-refractivity contribution in [3.63, 3.8) is 0 Å². The molecule has 0 heterocycles. The van der Waals surface area contributed by atoms with Gasteiger partial charge in [0.15, 0.2) is 5.92 Å². The second-order valence-electron chi connectivity index (χ2n) is 5.32. The van der Waals surface area contributed by atoms with Crippen LogP contribution in [0.2, 0.25) is 0 Å². The maximum Gasteiger partial charge on any atom is 0.320 e. The maximum atomic E-state index is 12.0. The number of hydrogen-bond donors (Lipinski definition) is 1. The van der Waals surface area contributed by atoms with Gasteiger partial charge >= 0.3 is 17.9 Å². The monoisotopic (exact) mass is 336 g/mol. The van der Waals surface area contributed by atoms with E-state index in [1.807, 2.05) is 24.3 Å². The standard InChI is InChI=1S/C18H24O6/c1-3-23-17(21)15(18(22)24-4-2)12-14-10-8-13(9-11-14)6-5-7-16(19)20/h8-11,15H,3-7,12H2,1-2H3,(H,19,20). The summed E-state index contributed by atoms with van der Waals surface area (Å²) in [5, 5.41) is 8.64. The molecule has 24 heavy (non-hydrogen) atoms. The summed E-state index contributed by atoms with van der Waals surface area (Å²) in [7, 11) is 0. The van der Waals surface area contributed by atoms with Crippen LogP contribution in [0.4, 0.5) is 0 Å². The van der Waals surface area contributed by atoms with Gasteiger partial charge in [-0.15, -0.1) is 0 Å². The summed E-state index contributed by atoms with van der Waals surface area (Å²) in [5.41, 5.74) is 1.84. The van der Waals surface area contributed by atoms with E-state index in [-0.39, 0.29) is 26.1 Å². The van der Waals surface area contributed by atoms with Gasteiger partial charge in [0.2, 0.25) is 0 Å². The first-order valence-electron chi connectivity index (χ1n) is 8.10. The highest BCUT2D eigenvalue weighted by Gasteiger charge is 2.29. The Morgan fingerprint density at radius 1 is 0.958 bits per heavy atom. The minimum Gasteiger partial charge on any atom is -0.481 e. The van der Waals surface area contributed by atoms with Crippen LogP contribution in [0.5, 0.6) is 0 Å². The van der Waals surface area contributed by atoms with Gasteiger partial charge in [-0.1, -0.05) is 24.3 Å². The van der Waals surface area contributed by atoms with Gasteiger partial charge in [0.25, 0.3) is 0 Å². The van der Waals surface area contributed by atoms with Crippen molar-refractivity contribution in [2.75, 3.05) is 13.2 Å². The quantitative estimate of drug-likeness (QED) is 0.521. The molecule has 0 amide bonds. The topological polar surface area (TPSA) is 89.9 Å². The van der Waals surface area contributed by atoms with Crippen molar-refractivity contribution < 1.29 is 29.0 Å². The van der Waals surface area contributed by atoms with Crippen LogP contribution in [0.1, 0.15) is 37.8 Å². The van der Waals surface area contributed by atoms with Gasteiger partial charge in [0.05, 0.1) is 13.2 Å². The lowest BCUT2D eigenvalue weighted by molar-refractivity contribution is -0.161. The molecule has 0 unspecified atom stereocenters. The zero-order valence-electron chi connectivity index (χ0n) is 14.1. The second-order valence-corrected chi connectivity index (χ2v) is 5.32. The molecule has 0 aromatic heterocycles. The van der Waals surface area contributed by atoms with Gasteiger partial charge in [-0.3, -0.25) is 14.4 Å². The zero-order chi connectivity index (χ0) is 17.9. The molecule has 0 fully saturated rings. The predicted molar refractivity (Wildman–Crippen MR) is 87.5 cm³/mol. The van der Waals surface area contributed by atoms with Crippen molar-refractivity contribution in [1.29, 1.82) is 0 Å². The van der Waals surface area contributed by atoms with Gasteiger partial charge in [0, 0.05) is 6.42 Å². The summed E-state index contributed by atoms with van der Waals surface area (Å²) in [6.45, 7) is 3.78. The zero-order valence-corrected chi connectivity index (χ0v) is 14.1. The first-order chi connectivity index (χ1) is 11.5. The Kier molecular flexibility index (Phi) is 8.54. The highest BCUT2D eigenvalue weighted by Crippen LogP contribution is 2.15. The van der Waals surface area contributed by atoms with E-state index in [1.54, 1.807) is 13.8 Å². The van der Waals surface area contributed by atoms with Gasteiger partial charge in [-0.2, -0.15) is 0 Å². The Morgan fingerprint density at radius 2 is 1.46 bits per heavy atom. The Balaban J connectivity index is 2.70. The number of rotatable bonds is 10. The third-order valence-electron chi connectivity index (χ3n) is 3.46. The van der Waals surface area contributed by atoms with Crippen LogP contribution in [0.3, 0.4) is 0 Å². The summed E-state index contributed by atoms with van der Waals surface area (Å²) in [6.07, 6.45) is 1.59. The summed E-state index contributed by atoms with van der Waals surface area (Å²) in [5.74, 6) is -2.94. The molecule has 6 nitrogen and oxygen atoms in total. The van der Waals surface area contributed by atoms with Crippen LogP contribution in [-0.4, -0.2) is 36.2 Å². The van der Waals surface area contributed by atoms with Crippen molar-refractivity contribution >= 4 is 17.9 Å². The van der Waals surface area contributed by atoms with Crippen molar-refractivity contribution in [1.82, 2.24) is 0 Å². The highest BCUT2D eigenvalue weighted by molar-refractivity contribution is 5.95. The van der Waals surface area contributed by atoms with Crippen LogP contribution in [0, 0.1) is 5.92 Å². The van der Waals surface area contributed by atoms with Crippen molar-refractivity contribution in [2.24, 2.45) is 5.92 Å². The number of carboxylic acids is 1. The smallest absolute Gasteiger partial charge is 0.320 e. The second kappa shape index (κ2) is 10.4. The van der Waals surface area contributed by atoms with Crippen LogP contribution in [-0.2, 0) is 36.7 Å². The number of carbonyl (C=O) groups is 3. The average molecular weight is 336 g/mol. The summed E-state index contributed by atoms with van der Waals surface area (Å²) >= 11 is 0. The van der Waals surface area contributed by atoms with E-state index in [1.165, 1.54) is 0 Å². The molecular formula is C18H24O6. The molecule has 0 spiro atoms. The fourth-order valence-electron chi connectivity index (χ4n) is 2.27. The molecule has 0 aliphatic heterocycles. The van der Waals surface area contributed by atoms with E-state index in [0.717, 1.165) is 11.1 Å². The molecule has 1 aromatic rings. The highest BCUT2D eigenvalue weighted by atomic mass is 16.6. The number of hydrogen-bond acceptors (Lipinski definition) is 5. The van der Waals surface area contributed by atoms with Crippen LogP contribution in [0.25, 0.3) is 0 Å². The van der Waals surface area contributed by atoms with Crippen LogP contribution >= 0.6 is 0 Å². The minimum absolute atomic E-state index is 0.134. The molecule has 0 aliphatic carbocycles. The SMILES string of the molecule is CCOC(=O)C(Cc1ccc(CCCC(=O)O)cc1)C(=O)OCC. The van der Waals surface area contributed by atoms with E-state index in [0.29, 0.717) is 12.8 Å². The summed E-state index contributed by atoms with van der Waals surface area (Å²) in [4.78, 5) is 34.4. The fraction of sp³-hybridized carbons (Fsp3) is 0.500. The number of benzene rings is 1. The Labute approximate surface area is 141 Å². The fourth-order valence-corrected chi connectivity index (χ4v) is 2.27. The molecule has 1 rings (SSSR count). The molecule has 6 heteroatoms. The first kappa shape index (κ1) is 19.7. The van der Waals surface area contributed by atoms with E-state index < -0.39 is 23.8 Å². The lowest BCUT2D eigenvalue weighted by Crippen LogP contribution is -2.30. The molecule has 0 saturated heterocycles. The van der Waals surface area contributed by atoms with Crippen molar-refractivity contribution in [3.8, 4) is 0 Å². The number of ether oxygens (including phenoxy) is 2. The lowest BCUT2D eigenvalue weighted by Gasteiger charge is -2.14. The normalized spacial score (nSPS) is 10.5. The Morgan fingerprint density at radius 3 is 1.92 bits per heavy atom. The van der Waals surface area contributed by atoms with E-state index >= 15 is 0 Å². The molecule has 0 aliphatic rings. The van der Waals surface area contributed by atoms with Crippen molar-refractivity contribution in [2.45, 2.75) is 39.5 Å². The van der Waals surface area contributed by atoms with E-state index in [4.69, 9.17) is 14.6 Å².